The van der Waals surface area contributed by atoms with E-state index in [0.29, 0.717) is 17.5 Å². The number of thiocarbonyl (C=S) groups is 1. The van der Waals surface area contributed by atoms with E-state index in [1.165, 1.54) is 0 Å². The number of nitrogens with one attached hydrogen (secondary N) is 2. The summed E-state index contributed by atoms with van der Waals surface area (Å²) in [4.78, 5) is 25.5. The van der Waals surface area contributed by atoms with E-state index in [4.69, 9.17) is 17.3 Å². The number of carboxylic acids is 1. The van der Waals surface area contributed by atoms with Gasteiger partial charge in [0.15, 0.2) is 5.11 Å². The van der Waals surface area contributed by atoms with Gasteiger partial charge in [0.1, 0.15) is 12.2 Å². The molecule has 0 amide bonds. The van der Waals surface area contributed by atoms with Gasteiger partial charge in [-0.3, -0.25) is 9.59 Å². The number of likely N-dealkylation sites (N-methyl/N-ethyl adjacent to an activating group) is 1. The van der Waals surface area contributed by atoms with Crippen LogP contribution in [0.3, 0.4) is 0 Å². The molecule has 8 heteroatoms. The highest BCUT2D eigenvalue weighted by atomic mass is 32.1. The average Bonchev–Trinajstić information content (AvgIpc) is 2.48. The van der Waals surface area contributed by atoms with E-state index in [2.05, 4.69) is 22.6 Å². The van der Waals surface area contributed by atoms with E-state index < -0.39 is 5.97 Å². The van der Waals surface area contributed by atoms with Gasteiger partial charge in [0.25, 0.3) is 5.56 Å². The number of anilines is 1. The van der Waals surface area contributed by atoms with Gasteiger partial charge >= 0.3 is 5.97 Å². The first-order valence-electron chi connectivity index (χ1n) is 7.63. The number of nitrogens with zero attached hydrogens (tertiary/aromatic N) is 2. The van der Waals surface area contributed by atoms with Crippen LogP contribution >= 0.6 is 12.2 Å². The SMILES string of the molecule is CN1C[C@@H]2C[C@H](C1)c1ccc(NC(=S)NCC(=O)O)c(=O)n1C2. The molecule has 0 saturated carbocycles. The van der Waals surface area contributed by atoms with Gasteiger partial charge in [0.05, 0.1) is 0 Å². The van der Waals surface area contributed by atoms with Gasteiger partial charge in [-0.15, -0.1) is 0 Å². The quantitative estimate of drug-likeness (QED) is 0.683. The number of aromatic nitrogens is 1. The summed E-state index contributed by atoms with van der Waals surface area (Å²) in [6.45, 7) is 2.42. The number of fused-ring (bicyclic) bond motifs is 4. The summed E-state index contributed by atoms with van der Waals surface area (Å²) in [5.41, 5.74) is 1.36. The lowest BCUT2D eigenvalue weighted by Crippen LogP contribution is -2.46. The Labute approximate surface area is 139 Å². The van der Waals surface area contributed by atoms with Crippen molar-refractivity contribution in [2.45, 2.75) is 18.9 Å². The van der Waals surface area contributed by atoms with Crippen molar-refractivity contribution < 1.29 is 9.90 Å². The van der Waals surface area contributed by atoms with Crippen molar-refractivity contribution in [2.75, 3.05) is 32.0 Å². The minimum Gasteiger partial charge on any atom is -0.480 e. The first kappa shape index (κ1) is 15.9. The number of carboxylic acid groups (broad SMARTS) is 1. The first-order chi connectivity index (χ1) is 10.9. The van der Waals surface area contributed by atoms with Crippen molar-refractivity contribution in [3.05, 3.63) is 28.2 Å². The fraction of sp³-hybridized carbons (Fsp3) is 0.533. The number of rotatable bonds is 3. The lowest BCUT2D eigenvalue weighted by molar-refractivity contribution is -0.135. The minimum absolute atomic E-state index is 0.0961. The van der Waals surface area contributed by atoms with E-state index >= 15 is 0 Å². The molecule has 0 unspecified atom stereocenters. The van der Waals surface area contributed by atoms with E-state index in [0.717, 1.165) is 31.7 Å². The molecule has 2 bridgehead atoms. The average molecular weight is 336 g/mol. The summed E-state index contributed by atoms with van der Waals surface area (Å²) in [6.07, 6.45) is 1.13. The Bertz CT molecular complexity index is 702. The van der Waals surface area contributed by atoms with Gasteiger partial charge in [-0.2, -0.15) is 0 Å². The van der Waals surface area contributed by atoms with Gasteiger partial charge in [0.2, 0.25) is 0 Å². The number of likely N-dealkylation sites (tertiary alicyclic amines) is 1. The molecule has 1 fully saturated rings. The maximum absolute atomic E-state index is 12.7. The Morgan fingerprint density at radius 1 is 1.39 bits per heavy atom. The van der Waals surface area contributed by atoms with Crippen molar-refractivity contribution >= 4 is 29.0 Å². The second kappa shape index (κ2) is 6.29. The zero-order chi connectivity index (χ0) is 16.6. The number of piperidine rings is 1. The van der Waals surface area contributed by atoms with E-state index in [-0.39, 0.29) is 17.2 Å². The summed E-state index contributed by atoms with van der Waals surface area (Å²) in [7, 11) is 2.12. The third-order valence-electron chi connectivity index (χ3n) is 4.44. The smallest absolute Gasteiger partial charge is 0.322 e. The number of pyridine rings is 1. The maximum Gasteiger partial charge on any atom is 0.322 e. The summed E-state index contributed by atoms with van der Waals surface area (Å²) in [5, 5.41) is 14.1. The predicted octanol–water partition coefficient (Wildman–Crippen LogP) is 0.268. The molecule has 0 radical (unpaired) electrons. The fourth-order valence-corrected chi connectivity index (χ4v) is 3.78. The monoisotopic (exact) mass is 336 g/mol. The van der Waals surface area contributed by atoms with Gasteiger partial charge in [-0.25, -0.2) is 0 Å². The van der Waals surface area contributed by atoms with Crippen LogP contribution in [0.25, 0.3) is 0 Å². The van der Waals surface area contributed by atoms with Crippen molar-refractivity contribution in [1.82, 2.24) is 14.8 Å². The molecule has 2 atom stereocenters. The molecule has 0 spiro atoms. The molecule has 0 aromatic carbocycles. The highest BCUT2D eigenvalue weighted by molar-refractivity contribution is 7.80. The molecule has 3 N–H and O–H groups in total. The summed E-state index contributed by atoms with van der Waals surface area (Å²) in [6, 6.07) is 3.71. The first-order valence-corrected chi connectivity index (χ1v) is 8.04. The van der Waals surface area contributed by atoms with Crippen LogP contribution in [-0.4, -0.2) is 52.3 Å². The molecule has 1 saturated heterocycles. The van der Waals surface area contributed by atoms with Crippen LogP contribution in [0.4, 0.5) is 5.69 Å². The maximum atomic E-state index is 12.7. The Morgan fingerprint density at radius 3 is 2.91 bits per heavy atom. The van der Waals surface area contributed by atoms with Crippen LogP contribution in [-0.2, 0) is 11.3 Å². The van der Waals surface area contributed by atoms with Crippen molar-refractivity contribution in [2.24, 2.45) is 5.92 Å². The largest absolute Gasteiger partial charge is 0.480 e. The van der Waals surface area contributed by atoms with Crippen LogP contribution in [0.15, 0.2) is 16.9 Å². The predicted molar refractivity (Wildman–Crippen MR) is 90.9 cm³/mol. The highest BCUT2D eigenvalue weighted by Gasteiger charge is 2.33. The number of aliphatic carboxylic acids is 1. The van der Waals surface area contributed by atoms with Crippen LogP contribution in [0.2, 0.25) is 0 Å². The molecule has 124 valence electrons. The molecule has 7 nitrogen and oxygen atoms in total. The minimum atomic E-state index is -1.01. The van der Waals surface area contributed by atoms with Crippen molar-refractivity contribution in [1.29, 1.82) is 0 Å². The van der Waals surface area contributed by atoms with Crippen LogP contribution < -0.4 is 16.2 Å². The fourth-order valence-electron chi connectivity index (χ4n) is 3.60. The lowest BCUT2D eigenvalue weighted by Gasteiger charge is -2.41. The lowest BCUT2D eigenvalue weighted by atomic mass is 9.83. The summed E-state index contributed by atoms with van der Waals surface area (Å²) >= 11 is 5.02. The number of carbonyl (C=O) groups is 1. The molecule has 0 aliphatic carbocycles. The van der Waals surface area contributed by atoms with E-state index in [1.807, 2.05) is 10.6 Å². The molecular weight excluding hydrogens is 316 g/mol. The van der Waals surface area contributed by atoms with Crippen LogP contribution in [0.1, 0.15) is 18.0 Å². The standard InChI is InChI=1S/C15H20N4O3S/c1-18-6-9-4-10(8-18)12-3-2-11(14(22)19(12)7-9)17-15(23)16-5-13(20)21/h2-3,9-10H,4-8H2,1H3,(H,20,21)(H2,16,17,23)/t9-,10+/m0/s1. The van der Waals surface area contributed by atoms with Gasteiger partial charge < -0.3 is 25.2 Å². The van der Waals surface area contributed by atoms with Crippen molar-refractivity contribution in [3.8, 4) is 0 Å². The highest BCUT2D eigenvalue weighted by Crippen LogP contribution is 2.34. The van der Waals surface area contributed by atoms with Crippen LogP contribution in [0, 0.1) is 5.92 Å². The zero-order valence-electron chi connectivity index (χ0n) is 12.9. The molecule has 3 rings (SSSR count). The molecule has 2 aliphatic heterocycles. The van der Waals surface area contributed by atoms with Gasteiger partial charge in [0, 0.05) is 31.2 Å². The summed E-state index contributed by atoms with van der Waals surface area (Å²) in [5.74, 6) is -0.115. The topological polar surface area (TPSA) is 86.6 Å². The molecular formula is C15H20N4O3S. The van der Waals surface area contributed by atoms with E-state index in [1.54, 1.807) is 6.07 Å². The third-order valence-corrected chi connectivity index (χ3v) is 4.68. The number of hydrogen-bond acceptors (Lipinski definition) is 4. The van der Waals surface area contributed by atoms with Gasteiger partial charge in [-0.1, -0.05) is 0 Å². The van der Waals surface area contributed by atoms with Gasteiger partial charge in [-0.05, 0) is 43.7 Å². The Morgan fingerprint density at radius 2 is 2.17 bits per heavy atom. The molecule has 3 heterocycles. The normalized spacial score (nSPS) is 23.0. The number of hydrogen-bond donors (Lipinski definition) is 3. The Hall–Kier alpha value is -1.93. The third kappa shape index (κ3) is 3.37. The summed E-state index contributed by atoms with van der Waals surface area (Å²) < 4.78 is 1.84. The van der Waals surface area contributed by atoms with Crippen molar-refractivity contribution in [3.63, 3.8) is 0 Å². The Balaban J connectivity index is 1.81. The second-order valence-electron chi connectivity index (χ2n) is 6.31. The van der Waals surface area contributed by atoms with Crippen LogP contribution in [0.5, 0.6) is 0 Å². The second-order valence-corrected chi connectivity index (χ2v) is 6.72. The molecule has 1 aromatic heterocycles. The Kier molecular flexibility index (Phi) is 4.36. The zero-order valence-corrected chi connectivity index (χ0v) is 13.7. The van der Waals surface area contributed by atoms with E-state index in [9.17, 15) is 9.59 Å². The molecule has 2 aliphatic rings. The molecule has 1 aromatic rings. The molecule has 23 heavy (non-hydrogen) atoms.